The highest BCUT2D eigenvalue weighted by Gasteiger charge is 2.20. The van der Waals surface area contributed by atoms with Gasteiger partial charge >= 0.3 is 0 Å². The lowest BCUT2D eigenvalue weighted by Crippen LogP contribution is -2.22. The quantitative estimate of drug-likeness (QED) is 0.227. The zero-order valence-electron chi connectivity index (χ0n) is 21.5. The van der Waals surface area contributed by atoms with Crippen molar-refractivity contribution in [2.24, 2.45) is 4.99 Å². The number of nitrogens with zero attached hydrogens (tertiary/aromatic N) is 2. The van der Waals surface area contributed by atoms with Crippen LogP contribution in [0.4, 0.5) is 5.69 Å². The topological polar surface area (TPSA) is 80.7 Å². The van der Waals surface area contributed by atoms with Crippen molar-refractivity contribution < 1.29 is 9.90 Å². The van der Waals surface area contributed by atoms with Crippen LogP contribution < -0.4 is 5.32 Å². The van der Waals surface area contributed by atoms with Gasteiger partial charge in [-0.2, -0.15) is 0 Å². The Kier molecular flexibility index (Phi) is 7.33. The Morgan fingerprint density at radius 2 is 1.53 bits per heavy atom. The van der Waals surface area contributed by atoms with Gasteiger partial charge in [0.15, 0.2) is 5.88 Å². The molecule has 190 valence electrons. The fourth-order valence-electron chi connectivity index (χ4n) is 4.47. The molecule has 1 heterocycles. The lowest BCUT2D eigenvalue weighted by molar-refractivity contribution is 0.0951. The van der Waals surface area contributed by atoms with E-state index in [0.29, 0.717) is 23.4 Å². The molecule has 0 radical (unpaired) electrons. The van der Waals surface area contributed by atoms with Crippen molar-refractivity contribution in [3.8, 4) is 5.88 Å². The predicted octanol–water partition coefficient (Wildman–Crippen LogP) is 6.03. The van der Waals surface area contributed by atoms with Gasteiger partial charge in [-0.05, 0) is 55.6 Å². The van der Waals surface area contributed by atoms with E-state index in [0.717, 1.165) is 34.3 Å². The summed E-state index contributed by atoms with van der Waals surface area (Å²) in [5, 5.41) is 14.7. The van der Waals surface area contributed by atoms with Gasteiger partial charge in [0.25, 0.3) is 5.91 Å². The molecule has 0 unspecified atom stereocenters. The van der Waals surface area contributed by atoms with E-state index in [1.807, 2.05) is 93.0 Å². The van der Waals surface area contributed by atoms with Crippen molar-refractivity contribution in [2.45, 2.75) is 13.1 Å². The number of H-pyrrole nitrogens is 1. The van der Waals surface area contributed by atoms with Crippen molar-refractivity contribution in [1.82, 2.24) is 15.2 Å². The van der Waals surface area contributed by atoms with E-state index in [9.17, 15) is 9.90 Å². The number of aromatic amines is 1. The van der Waals surface area contributed by atoms with Gasteiger partial charge in [-0.25, -0.2) is 4.99 Å². The number of aromatic nitrogens is 1. The first-order valence-corrected chi connectivity index (χ1v) is 12.5. The Balaban J connectivity index is 1.54. The Morgan fingerprint density at radius 1 is 0.842 bits per heavy atom. The predicted molar refractivity (Wildman–Crippen MR) is 153 cm³/mol. The van der Waals surface area contributed by atoms with E-state index in [2.05, 4.69) is 27.3 Å². The highest BCUT2D eigenvalue weighted by atomic mass is 16.3. The van der Waals surface area contributed by atoms with E-state index >= 15 is 0 Å². The van der Waals surface area contributed by atoms with Gasteiger partial charge in [-0.15, -0.1) is 0 Å². The molecular formula is C32H30N4O2. The molecule has 3 N–H and O–H groups in total. The summed E-state index contributed by atoms with van der Waals surface area (Å²) in [5.41, 5.74) is 6.26. The van der Waals surface area contributed by atoms with Crippen LogP contribution in [0.2, 0.25) is 0 Å². The standard InChI is InChI=1S/C32H30N4O2/c1-36(2)21-23-13-16-26(17-14-23)34-30(24-11-7-4-8-12-24)29-27-19-25(15-18-28(27)35-32(29)38)31(37)33-20-22-9-5-3-6-10-22/h3-19,35,38H,20-21H2,1-2H3,(H,33,37). The van der Waals surface area contributed by atoms with Gasteiger partial charge in [0.1, 0.15) is 0 Å². The van der Waals surface area contributed by atoms with Gasteiger partial charge in [0, 0.05) is 35.1 Å². The number of aromatic hydroxyl groups is 1. The Morgan fingerprint density at radius 3 is 2.21 bits per heavy atom. The van der Waals surface area contributed by atoms with Gasteiger partial charge in [0.2, 0.25) is 0 Å². The number of hydrogen-bond acceptors (Lipinski definition) is 4. The molecule has 0 atom stereocenters. The summed E-state index contributed by atoms with van der Waals surface area (Å²) in [6.07, 6.45) is 0. The summed E-state index contributed by atoms with van der Waals surface area (Å²) in [5.74, 6) is -0.175. The molecule has 0 aliphatic carbocycles. The molecule has 0 saturated heterocycles. The Bertz CT molecular complexity index is 1570. The third-order valence-electron chi connectivity index (χ3n) is 6.30. The van der Waals surface area contributed by atoms with Gasteiger partial charge in [-0.1, -0.05) is 72.8 Å². The average molecular weight is 503 g/mol. The van der Waals surface area contributed by atoms with Crippen LogP contribution in [-0.4, -0.2) is 40.7 Å². The third kappa shape index (κ3) is 5.66. The minimum absolute atomic E-state index is 0.00803. The van der Waals surface area contributed by atoms with Crippen LogP contribution in [0.1, 0.15) is 32.6 Å². The minimum atomic E-state index is -0.183. The van der Waals surface area contributed by atoms with Gasteiger partial charge < -0.3 is 20.3 Å². The number of aliphatic imine (C=N–C) groups is 1. The van der Waals surface area contributed by atoms with Crippen LogP contribution in [-0.2, 0) is 13.1 Å². The van der Waals surface area contributed by atoms with E-state index in [-0.39, 0.29) is 11.8 Å². The summed E-state index contributed by atoms with van der Waals surface area (Å²) in [6.45, 7) is 1.28. The van der Waals surface area contributed by atoms with Crippen LogP contribution in [0.3, 0.4) is 0 Å². The summed E-state index contributed by atoms with van der Waals surface area (Å²) in [6, 6.07) is 33.0. The van der Waals surface area contributed by atoms with Crippen molar-refractivity contribution in [3.63, 3.8) is 0 Å². The maximum absolute atomic E-state index is 13.0. The van der Waals surface area contributed by atoms with Crippen LogP contribution in [0.5, 0.6) is 5.88 Å². The molecule has 0 aliphatic heterocycles. The maximum atomic E-state index is 13.0. The second-order valence-electron chi connectivity index (χ2n) is 9.51. The van der Waals surface area contributed by atoms with Gasteiger partial charge in [0.05, 0.1) is 17.0 Å². The van der Waals surface area contributed by atoms with Crippen LogP contribution >= 0.6 is 0 Å². The maximum Gasteiger partial charge on any atom is 0.251 e. The second kappa shape index (κ2) is 11.2. The number of fused-ring (bicyclic) bond motifs is 1. The summed E-state index contributed by atoms with van der Waals surface area (Å²) >= 11 is 0. The molecule has 0 spiro atoms. The molecule has 4 aromatic carbocycles. The first-order valence-electron chi connectivity index (χ1n) is 12.5. The molecule has 1 aromatic heterocycles. The molecule has 6 nitrogen and oxygen atoms in total. The fraction of sp³-hybridized carbons (Fsp3) is 0.125. The Hall–Kier alpha value is -4.68. The number of benzene rings is 4. The number of carbonyl (C=O) groups is 1. The van der Waals surface area contributed by atoms with Crippen molar-refractivity contribution >= 4 is 28.2 Å². The largest absolute Gasteiger partial charge is 0.494 e. The van der Waals surface area contributed by atoms with E-state index < -0.39 is 0 Å². The zero-order valence-corrected chi connectivity index (χ0v) is 21.5. The van der Waals surface area contributed by atoms with E-state index in [1.165, 1.54) is 5.56 Å². The molecule has 38 heavy (non-hydrogen) atoms. The summed E-state index contributed by atoms with van der Waals surface area (Å²) in [4.78, 5) is 23.1. The van der Waals surface area contributed by atoms with Crippen LogP contribution in [0, 0.1) is 0 Å². The SMILES string of the molecule is CN(C)Cc1ccc(N=C(c2ccccc2)c2c(O)[nH]c3ccc(C(=O)NCc4ccccc4)cc23)cc1. The molecular weight excluding hydrogens is 472 g/mol. The molecule has 0 bridgehead atoms. The van der Waals surface area contributed by atoms with E-state index in [1.54, 1.807) is 12.1 Å². The molecule has 6 heteroatoms. The van der Waals surface area contributed by atoms with Crippen LogP contribution in [0.15, 0.2) is 108 Å². The fourth-order valence-corrected chi connectivity index (χ4v) is 4.47. The van der Waals surface area contributed by atoms with Crippen molar-refractivity contribution in [2.75, 3.05) is 14.1 Å². The summed E-state index contributed by atoms with van der Waals surface area (Å²) < 4.78 is 0. The average Bonchev–Trinajstić information content (AvgIpc) is 3.26. The van der Waals surface area contributed by atoms with Gasteiger partial charge in [-0.3, -0.25) is 4.79 Å². The molecule has 5 aromatic rings. The normalized spacial score (nSPS) is 11.7. The smallest absolute Gasteiger partial charge is 0.251 e. The first kappa shape index (κ1) is 25.0. The van der Waals surface area contributed by atoms with E-state index in [4.69, 9.17) is 4.99 Å². The van der Waals surface area contributed by atoms with Crippen molar-refractivity contribution in [1.29, 1.82) is 0 Å². The Labute approximate surface area is 222 Å². The number of hydrogen-bond donors (Lipinski definition) is 3. The number of nitrogens with one attached hydrogen (secondary N) is 2. The molecule has 0 saturated carbocycles. The summed E-state index contributed by atoms with van der Waals surface area (Å²) in [7, 11) is 4.07. The van der Waals surface area contributed by atoms with Crippen LogP contribution in [0.25, 0.3) is 10.9 Å². The lowest BCUT2D eigenvalue weighted by atomic mass is 9.99. The lowest BCUT2D eigenvalue weighted by Gasteiger charge is -2.11. The molecule has 0 fully saturated rings. The first-order chi connectivity index (χ1) is 18.5. The molecule has 5 rings (SSSR count). The highest BCUT2D eigenvalue weighted by molar-refractivity contribution is 6.22. The third-order valence-corrected chi connectivity index (χ3v) is 6.30. The number of amides is 1. The number of rotatable bonds is 8. The molecule has 0 aliphatic rings. The molecule has 1 amide bonds. The minimum Gasteiger partial charge on any atom is -0.494 e. The van der Waals surface area contributed by atoms with Crippen molar-refractivity contribution in [3.05, 3.63) is 131 Å². The second-order valence-corrected chi connectivity index (χ2v) is 9.51. The highest BCUT2D eigenvalue weighted by Crippen LogP contribution is 2.32. The zero-order chi connectivity index (χ0) is 26.5. The monoisotopic (exact) mass is 502 g/mol. The number of carbonyl (C=O) groups excluding carboxylic acids is 1.